The first-order valence-corrected chi connectivity index (χ1v) is 7.65. The molecule has 0 bridgehead atoms. The van der Waals surface area contributed by atoms with Crippen LogP contribution in [0.25, 0.3) is 0 Å². The fraction of sp³-hybridized carbons (Fsp3) is 0.909. The normalized spacial score (nSPS) is 12.1. The summed E-state index contributed by atoms with van der Waals surface area (Å²) in [5, 5.41) is 0. The first kappa shape index (κ1) is 16.4. The molecule has 0 aromatic carbocycles. The highest BCUT2D eigenvalue weighted by Crippen LogP contribution is 2.01. The molecule has 0 saturated carbocycles. The lowest BCUT2D eigenvalue weighted by Crippen LogP contribution is -2.39. The van der Waals surface area contributed by atoms with Gasteiger partial charge in [0.2, 0.25) is 0 Å². The Morgan fingerprint density at radius 3 is 2.29 bits per heavy atom. The van der Waals surface area contributed by atoms with Gasteiger partial charge in [0.05, 0.1) is 19.4 Å². The molecule has 0 atom stereocenters. The summed E-state index contributed by atoms with van der Waals surface area (Å²) in [6.45, 7) is 6.20. The lowest BCUT2D eigenvalue weighted by atomic mass is 10.3. The molecule has 0 spiro atoms. The Balaban J connectivity index is 4.32. The Kier molecular flexibility index (Phi) is 7.38. The van der Waals surface area contributed by atoms with Gasteiger partial charge in [0.25, 0.3) is 0 Å². The highest BCUT2D eigenvalue weighted by molar-refractivity contribution is 7.91. The number of esters is 1. The summed E-state index contributed by atoms with van der Waals surface area (Å²) in [6.07, 6.45) is 0.626. The first-order valence-electron chi connectivity index (χ1n) is 5.83. The number of ether oxygens (including phenoxy) is 1. The lowest BCUT2D eigenvalue weighted by molar-refractivity contribution is -0.142. The van der Waals surface area contributed by atoms with Gasteiger partial charge in [-0.25, -0.2) is 8.42 Å². The predicted molar refractivity (Wildman–Crippen MR) is 67.7 cm³/mol. The van der Waals surface area contributed by atoms with E-state index in [0.717, 1.165) is 0 Å². The van der Waals surface area contributed by atoms with E-state index in [9.17, 15) is 13.2 Å². The number of hydrogen-bond donors (Lipinski definition) is 0. The Hall–Kier alpha value is -0.620. The SMILES string of the molecule is CCCS(=O)(=O)CCN(CC(=O)OC)C(C)C. The van der Waals surface area contributed by atoms with Crippen molar-refractivity contribution in [2.45, 2.75) is 33.2 Å². The largest absolute Gasteiger partial charge is 0.468 e. The van der Waals surface area contributed by atoms with Crippen molar-refractivity contribution in [1.82, 2.24) is 4.90 Å². The van der Waals surface area contributed by atoms with Crippen LogP contribution < -0.4 is 0 Å². The fourth-order valence-electron chi connectivity index (χ4n) is 1.42. The van der Waals surface area contributed by atoms with Crippen molar-refractivity contribution in [1.29, 1.82) is 0 Å². The van der Waals surface area contributed by atoms with Gasteiger partial charge in [-0.3, -0.25) is 9.69 Å². The van der Waals surface area contributed by atoms with E-state index < -0.39 is 9.84 Å². The van der Waals surface area contributed by atoms with E-state index in [2.05, 4.69) is 4.74 Å². The van der Waals surface area contributed by atoms with E-state index in [0.29, 0.717) is 13.0 Å². The summed E-state index contributed by atoms with van der Waals surface area (Å²) in [5.41, 5.74) is 0. The number of carbonyl (C=O) groups is 1. The first-order chi connectivity index (χ1) is 7.82. The maximum absolute atomic E-state index is 11.6. The number of nitrogens with zero attached hydrogens (tertiary/aromatic N) is 1. The molecule has 0 aliphatic carbocycles. The summed E-state index contributed by atoms with van der Waals surface area (Å²) < 4.78 is 27.7. The van der Waals surface area contributed by atoms with Gasteiger partial charge in [0.1, 0.15) is 0 Å². The number of hydrogen-bond acceptors (Lipinski definition) is 5. The van der Waals surface area contributed by atoms with Gasteiger partial charge < -0.3 is 4.74 Å². The molecular formula is C11H23NO4S. The van der Waals surface area contributed by atoms with Gasteiger partial charge in [0.15, 0.2) is 9.84 Å². The molecule has 0 fully saturated rings. The molecule has 0 rings (SSSR count). The molecular weight excluding hydrogens is 242 g/mol. The number of methoxy groups -OCH3 is 1. The third kappa shape index (κ3) is 7.33. The van der Waals surface area contributed by atoms with Gasteiger partial charge in [0, 0.05) is 18.3 Å². The molecule has 0 aromatic heterocycles. The Morgan fingerprint density at radius 2 is 1.88 bits per heavy atom. The highest BCUT2D eigenvalue weighted by Gasteiger charge is 2.17. The van der Waals surface area contributed by atoms with Crippen LogP contribution in [0.3, 0.4) is 0 Å². The summed E-state index contributed by atoms with van der Waals surface area (Å²) in [7, 11) is -1.67. The quantitative estimate of drug-likeness (QED) is 0.604. The highest BCUT2D eigenvalue weighted by atomic mass is 32.2. The molecule has 0 unspecified atom stereocenters. The van der Waals surface area contributed by atoms with Gasteiger partial charge in [-0.05, 0) is 20.3 Å². The van der Waals surface area contributed by atoms with Crippen LogP contribution in [0.2, 0.25) is 0 Å². The number of sulfone groups is 1. The van der Waals surface area contributed by atoms with Crippen molar-refractivity contribution in [3.05, 3.63) is 0 Å². The third-order valence-electron chi connectivity index (χ3n) is 2.49. The molecule has 0 N–H and O–H groups in total. The zero-order chi connectivity index (χ0) is 13.5. The van der Waals surface area contributed by atoms with Crippen LogP contribution in [0, 0.1) is 0 Å². The maximum atomic E-state index is 11.6. The Morgan fingerprint density at radius 1 is 1.29 bits per heavy atom. The van der Waals surface area contributed by atoms with Crippen molar-refractivity contribution >= 4 is 15.8 Å². The van der Waals surface area contributed by atoms with Gasteiger partial charge >= 0.3 is 5.97 Å². The lowest BCUT2D eigenvalue weighted by Gasteiger charge is -2.24. The van der Waals surface area contributed by atoms with E-state index in [4.69, 9.17) is 0 Å². The van der Waals surface area contributed by atoms with Crippen molar-refractivity contribution < 1.29 is 17.9 Å². The van der Waals surface area contributed by atoms with Crippen molar-refractivity contribution in [2.75, 3.05) is 31.7 Å². The fourth-order valence-corrected chi connectivity index (χ4v) is 2.76. The standard InChI is InChI=1S/C11H23NO4S/c1-5-7-17(14,15)8-6-12(10(2)3)9-11(13)16-4/h10H,5-9H2,1-4H3. The van der Waals surface area contributed by atoms with Crippen LogP contribution in [-0.2, 0) is 19.4 Å². The minimum absolute atomic E-state index is 0.0933. The van der Waals surface area contributed by atoms with Crippen LogP contribution in [-0.4, -0.2) is 57.0 Å². The molecule has 0 radical (unpaired) electrons. The van der Waals surface area contributed by atoms with Gasteiger partial charge in [-0.15, -0.1) is 0 Å². The summed E-state index contributed by atoms with van der Waals surface area (Å²) in [4.78, 5) is 13.0. The summed E-state index contributed by atoms with van der Waals surface area (Å²) >= 11 is 0. The van der Waals surface area contributed by atoms with Gasteiger partial charge in [-0.2, -0.15) is 0 Å². The predicted octanol–water partition coefficient (Wildman–Crippen LogP) is 0.695. The van der Waals surface area contributed by atoms with Crippen molar-refractivity contribution in [3.63, 3.8) is 0 Å². The molecule has 0 amide bonds. The second-order valence-corrected chi connectivity index (χ2v) is 6.60. The van der Waals surface area contributed by atoms with Crippen molar-refractivity contribution in [2.24, 2.45) is 0 Å². The van der Waals surface area contributed by atoms with Crippen LogP contribution in [0.4, 0.5) is 0 Å². The topological polar surface area (TPSA) is 63.7 Å². The molecule has 5 nitrogen and oxygen atoms in total. The summed E-state index contributed by atoms with van der Waals surface area (Å²) in [5.74, 6) is -0.0423. The monoisotopic (exact) mass is 265 g/mol. The Bertz CT molecular complexity index is 324. The van der Waals surface area contributed by atoms with E-state index in [1.54, 1.807) is 4.90 Å². The summed E-state index contributed by atoms with van der Waals surface area (Å²) in [6, 6.07) is 0.117. The van der Waals surface area contributed by atoms with E-state index >= 15 is 0 Å². The van der Waals surface area contributed by atoms with Crippen LogP contribution in [0.1, 0.15) is 27.2 Å². The van der Waals surface area contributed by atoms with E-state index in [-0.39, 0.29) is 30.1 Å². The minimum atomic E-state index is -3.00. The number of rotatable bonds is 8. The van der Waals surface area contributed by atoms with Gasteiger partial charge in [-0.1, -0.05) is 6.92 Å². The maximum Gasteiger partial charge on any atom is 0.319 e. The molecule has 6 heteroatoms. The molecule has 0 aliphatic rings. The molecule has 0 heterocycles. The molecule has 0 aromatic rings. The molecule has 0 aliphatic heterocycles. The third-order valence-corrected chi connectivity index (χ3v) is 4.33. The average molecular weight is 265 g/mol. The van der Waals surface area contributed by atoms with Crippen LogP contribution >= 0.6 is 0 Å². The zero-order valence-corrected chi connectivity index (χ0v) is 11.9. The average Bonchev–Trinajstić information content (AvgIpc) is 2.23. The second kappa shape index (κ2) is 7.66. The Labute approximate surface area is 104 Å². The second-order valence-electron chi connectivity index (χ2n) is 4.29. The van der Waals surface area contributed by atoms with Crippen molar-refractivity contribution in [3.8, 4) is 0 Å². The minimum Gasteiger partial charge on any atom is -0.468 e. The van der Waals surface area contributed by atoms with Crippen LogP contribution in [0.15, 0.2) is 0 Å². The van der Waals surface area contributed by atoms with E-state index in [1.807, 2.05) is 20.8 Å². The molecule has 102 valence electrons. The number of carbonyl (C=O) groups excluding carboxylic acids is 1. The molecule has 17 heavy (non-hydrogen) atoms. The molecule has 0 saturated heterocycles. The smallest absolute Gasteiger partial charge is 0.319 e. The zero-order valence-electron chi connectivity index (χ0n) is 11.1. The van der Waals surface area contributed by atoms with E-state index in [1.165, 1.54) is 7.11 Å². The van der Waals surface area contributed by atoms with Crippen LogP contribution in [0.5, 0.6) is 0 Å².